The number of para-hydroxylation sites is 1. The lowest BCUT2D eigenvalue weighted by atomic mass is 9.94. The fourth-order valence-corrected chi connectivity index (χ4v) is 3.22. The Bertz CT molecular complexity index is 971. The van der Waals surface area contributed by atoms with Crippen LogP contribution in [0, 0.1) is 10.1 Å². The molecule has 0 aliphatic carbocycles. The molecule has 1 N–H and O–H groups in total. The Morgan fingerprint density at radius 1 is 1.17 bits per heavy atom. The quantitative estimate of drug-likeness (QED) is 0.459. The largest absolute Gasteiger partial charge is 0.462 e. The molecule has 0 saturated heterocycles. The van der Waals surface area contributed by atoms with E-state index < -0.39 is 23.0 Å². The van der Waals surface area contributed by atoms with Gasteiger partial charge in [0, 0.05) is 25.2 Å². The normalized spacial score (nSPS) is 16.4. The second kappa shape index (κ2) is 8.55. The summed E-state index contributed by atoms with van der Waals surface area (Å²) in [6, 6.07) is 14.2. The van der Waals surface area contributed by atoms with Crippen LogP contribution in [0.25, 0.3) is 0 Å². The molecule has 0 saturated carbocycles. The third-order valence-electron chi connectivity index (χ3n) is 4.89. The topological polar surface area (TPSA) is 102 Å². The first kappa shape index (κ1) is 20.1. The third kappa shape index (κ3) is 4.26. The molecule has 3 rings (SSSR count). The van der Waals surface area contributed by atoms with Crippen molar-refractivity contribution in [1.29, 1.82) is 0 Å². The molecule has 2 amide bonds. The van der Waals surface area contributed by atoms with E-state index in [9.17, 15) is 19.7 Å². The maximum Gasteiger partial charge on any atom is 0.338 e. The average molecular weight is 395 g/mol. The molecule has 0 spiro atoms. The summed E-state index contributed by atoms with van der Waals surface area (Å²) in [5, 5.41) is 14.1. The number of nitrogens with zero attached hydrogens (tertiary/aromatic N) is 2. The number of allylic oxidation sites excluding steroid dienone is 1. The van der Waals surface area contributed by atoms with Gasteiger partial charge in [-0.05, 0) is 18.6 Å². The number of ether oxygens (including phenoxy) is 1. The number of carbonyl (C=O) groups excluding carboxylic acids is 2. The van der Waals surface area contributed by atoms with Crippen molar-refractivity contribution in [1.82, 2.24) is 10.2 Å². The molecule has 0 fully saturated rings. The smallest absolute Gasteiger partial charge is 0.338 e. The molecule has 8 heteroatoms. The number of benzene rings is 2. The average Bonchev–Trinajstić information content (AvgIpc) is 2.72. The lowest BCUT2D eigenvalue weighted by molar-refractivity contribution is -0.385. The van der Waals surface area contributed by atoms with E-state index in [0.717, 1.165) is 5.56 Å². The van der Waals surface area contributed by atoms with Crippen LogP contribution in [0.1, 0.15) is 24.1 Å². The van der Waals surface area contributed by atoms with Crippen molar-refractivity contribution in [3.63, 3.8) is 0 Å². The first-order valence-electron chi connectivity index (χ1n) is 9.09. The van der Waals surface area contributed by atoms with E-state index in [1.165, 1.54) is 30.1 Å². The molecule has 1 aliphatic rings. The number of rotatable bonds is 6. The van der Waals surface area contributed by atoms with Gasteiger partial charge in [-0.1, -0.05) is 42.5 Å². The minimum absolute atomic E-state index is 0.154. The highest BCUT2D eigenvalue weighted by Crippen LogP contribution is 2.35. The molecule has 0 bridgehead atoms. The summed E-state index contributed by atoms with van der Waals surface area (Å²) >= 11 is 0. The van der Waals surface area contributed by atoms with Crippen LogP contribution in [-0.4, -0.2) is 35.5 Å². The van der Waals surface area contributed by atoms with Crippen LogP contribution in [0.5, 0.6) is 0 Å². The fourth-order valence-electron chi connectivity index (χ4n) is 3.22. The van der Waals surface area contributed by atoms with Crippen molar-refractivity contribution in [2.75, 3.05) is 13.7 Å². The van der Waals surface area contributed by atoms with Gasteiger partial charge in [0.25, 0.3) is 5.69 Å². The summed E-state index contributed by atoms with van der Waals surface area (Å²) in [5.41, 5.74) is 1.64. The van der Waals surface area contributed by atoms with Gasteiger partial charge in [-0.15, -0.1) is 0 Å². The van der Waals surface area contributed by atoms with Gasteiger partial charge in [0.1, 0.15) is 0 Å². The number of urea groups is 1. The van der Waals surface area contributed by atoms with Gasteiger partial charge in [0.15, 0.2) is 0 Å². The van der Waals surface area contributed by atoms with E-state index in [2.05, 4.69) is 5.32 Å². The molecule has 150 valence electrons. The predicted molar refractivity (Wildman–Crippen MR) is 106 cm³/mol. The van der Waals surface area contributed by atoms with Gasteiger partial charge in [-0.2, -0.15) is 0 Å². The second-order valence-corrected chi connectivity index (χ2v) is 6.63. The zero-order valence-corrected chi connectivity index (χ0v) is 16.1. The Hall–Kier alpha value is -3.68. The van der Waals surface area contributed by atoms with E-state index in [1.807, 2.05) is 30.3 Å². The number of nitro groups is 1. The van der Waals surface area contributed by atoms with Crippen molar-refractivity contribution in [2.45, 2.75) is 19.4 Å². The van der Waals surface area contributed by atoms with Crippen LogP contribution < -0.4 is 5.32 Å². The summed E-state index contributed by atoms with van der Waals surface area (Å²) in [5.74, 6) is -0.617. The maximum absolute atomic E-state index is 12.9. The van der Waals surface area contributed by atoms with Crippen LogP contribution in [0.15, 0.2) is 65.9 Å². The maximum atomic E-state index is 12.9. The van der Waals surface area contributed by atoms with E-state index in [1.54, 1.807) is 13.0 Å². The number of carbonyl (C=O) groups is 2. The predicted octanol–water partition coefficient (Wildman–Crippen LogP) is 3.35. The Labute approximate surface area is 167 Å². The van der Waals surface area contributed by atoms with Gasteiger partial charge in [-0.25, -0.2) is 9.59 Å². The number of amides is 2. The van der Waals surface area contributed by atoms with E-state index in [-0.39, 0.29) is 23.4 Å². The number of nitrogens with one attached hydrogen (secondary N) is 1. The standard InChI is InChI=1S/C21H21N3O5/c1-14-18(20(25)29-13-12-15-8-4-3-5-9-15)19(22-21(26)23(14)2)16-10-6-7-11-17(16)24(27)28/h3-11,19H,12-13H2,1-2H3,(H,22,26). The lowest BCUT2D eigenvalue weighted by Crippen LogP contribution is -2.46. The number of esters is 1. The van der Waals surface area contributed by atoms with Gasteiger partial charge < -0.3 is 15.0 Å². The molecule has 0 radical (unpaired) electrons. The van der Waals surface area contributed by atoms with Crippen LogP contribution in [0.3, 0.4) is 0 Å². The van der Waals surface area contributed by atoms with Crippen LogP contribution in [0.4, 0.5) is 10.5 Å². The molecule has 1 unspecified atom stereocenters. The molecule has 2 aromatic carbocycles. The zero-order chi connectivity index (χ0) is 21.0. The SMILES string of the molecule is CC1=C(C(=O)OCCc2ccccc2)C(c2ccccc2[N+](=O)[O-])NC(=O)N1C. The Balaban J connectivity index is 1.89. The molecule has 29 heavy (non-hydrogen) atoms. The molecule has 0 aromatic heterocycles. The van der Waals surface area contributed by atoms with E-state index in [0.29, 0.717) is 12.1 Å². The van der Waals surface area contributed by atoms with Crippen molar-refractivity contribution in [2.24, 2.45) is 0 Å². The van der Waals surface area contributed by atoms with Crippen molar-refractivity contribution < 1.29 is 19.2 Å². The molecule has 8 nitrogen and oxygen atoms in total. The van der Waals surface area contributed by atoms with Gasteiger partial charge in [-0.3, -0.25) is 10.1 Å². The number of hydrogen-bond acceptors (Lipinski definition) is 5. The number of hydrogen-bond donors (Lipinski definition) is 1. The molecule has 1 atom stereocenters. The Morgan fingerprint density at radius 2 is 1.83 bits per heavy atom. The highest BCUT2D eigenvalue weighted by molar-refractivity contribution is 5.95. The van der Waals surface area contributed by atoms with Crippen LogP contribution in [-0.2, 0) is 16.0 Å². The first-order valence-corrected chi connectivity index (χ1v) is 9.09. The molecular weight excluding hydrogens is 374 g/mol. The molecular formula is C21H21N3O5. The van der Waals surface area contributed by atoms with Crippen molar-refractivity contribution >= 4 is 17.7 Å². The molecule has 1 aliphatic heterocycles. The van der Waals surface area contributed by atoms with Crippen LogP contribution in [0.2, 0.25) is 0 Å². The highest BCUT2D eigenvalue weighted by atomic mass is 16.6. The van der Waals surface area contributed by atoms with Gasteiger partial charge >= 0.3 is 12.0 Å². The minimum Gasteiger partial charge on any atom is -0.462 e. The summed E-state index contributed by atoms with van der Waals surface area (Å²) < 4.78 is 5.45. The molecule has 1 heterocycles. The van der Waals surface area contributed by atoms with Crippen LogP contribution >= 0.6 is 0 Å². The molecule has 2 aromatic rings. The summed E-state index contributed by atoms with van der Waals surface area (Å²) in [4.78, 5) is 37.4. The monoisotopic (exact) mass is 395 g/mol. The Morgan fingerprint density at radius 3 is 2.52 bits per heavy atom. The summed E-state index contributed by atoms with van der Waals surface area (Å²) in [6.45, 7) is 1.77. The van der Waals surface area contributed by atoms with Gasteiger partial charge in [0.2, 0.25) is 0 Å². The highest BCUT2D eigenvalue weighted by Gasteiger charge is 2.37. The van der Waals surface area contributed by atoms with Crippen molar-refractivity contribution in [3.8, 4) is 0 Å². The summed E-state index contributed by atoms with van der Waals surface area (Å²) in [6.07, 6.45) is 0.539. The zero-order valence-electron chi connectivity index (χ0n) is 16.1. The summed E-state index contributed by atoms with van der Waals surface area (Å²) in [7, 11) is 1.53. The Kier molecular flexibility index (Phi) is 5.92. The minimum atomic E-state index is -0.968. The first-order chi connectivity index (χ1) is 13.9. The lowest BCUT2D eigenvalue weighted by Gasteiger charge is -2.33. The van der Waals surface area contributed by atoms with E-state index >= 15 is 0 Å². The fraction of sp³-hybridized carbons (Fsp3) is 0.238. The number of nitro benzene ring substituents is 1. The van der Waals surface area contributed by atoms with Crippen molar-refractivity contribution in [3.05, 3.63) is 87.1 Å². The van der Waals surface area contributed by atoms with Gasteiger partial charge in [0.05, 0.1) is 28.7 Å². The second-order valence-electron chi connectivity index (χ2n) is 6.63. The third-order valence-corrected chi connectivity index (χ3v) is 4.89. The van der Waals surface area contributed by atoms with E-state index in [4.69, 9.17) is 4.74 Å².